The van der Waals surface area contributed by atoms with Crippen LogP contribution in [0.1, 0.15) is 23.5 Å². The molecule has 2 N–H and O–H groups in total. The lowest BCUT2D eigenvalue weighted by molar-refractivity contribution is -0.130. The summed E-state index contributed by atoms with van der Waals surface area (Å²) in [5, 5.41) is 0. The molecule has 2 atom stereocenters. The summed E-state index contributed by atoms with van der Waals surface area (Å²) in [4.78, 5) is 28.7. The average molecular weight is 386 g/mol. The third-order valence-corrected chi connectivity index (χ3v) is 5.43. The molecule has 5 nitrogen and oxygen atoms in total. The maximum Gasteiger partial charge on any atom is 0.242 e. The fourth-order valence-corrected chi connectivity index (χ4v) is 3.99. The second-order valence-electron chi connectivity index (χ2n) is 7.09. The highest BCUT2D eigenvalue weighted by atomic mass is 35.5. The average Bonchev–Trinajstić information content (AvgIpc) is 3.06. The lowest BCUT2D eigenvalue weighted by Gasteiger charge is -2.30. The van der Waals surface area contributed by atoms with E-state index in [2.05, 4.69) is 12.1 Å². The van der Waals surface area contributed by atoms with E-state index in [0.717, 1.165) is 23.2 Å². The minimum atomic E-state index is -0.0781. The maximum absolute atomic E-state index is 12.9. The van der Waals surface area contributed by atoms with Crippen molar-refractivity contribution in [1.29, 1.82) is 0 Å². The number of benzene rings is 2. The molecule has 0 saturated carbocycles. The first kappa shape index (κ1) is 19.4. The number of likely N-dealkylation sites (tertiary alicyclic amines) is 1. The topological polar surface area (TPSA) is 66.6 Å². The normalized spacial score (nSPS) is 21.6. The molecule has 0 aromatic heterocycles. The number of hydrogen-bond donors (Lipinski definition) is 1. The Morgan fingerprint density at radius 3 is 2.48 bits per heavy atom. The fraction of sp³-hybridized carbons (Fsp3) is 0.333. The zero-order valence-electron chi connectivity index (χ0n) is 15.1. The predicted molar refractivity (Wildman–Crippen MR) is 108 cm³/mol. The van der Waals surface area contributed by atoms with Gasteiger partial charge in [-0.2, -0.15) is 0 Å². The van der Waals surface area contributed by atoms with Gasteiger partial charge in [-0.25, -0.2) is 0 Å². The van der Waals surface area contributed by atoms with Gasteiger partial charge in [-0.15, -0.1) is 12.4 Å². The van der Waals surface area contributed by atoms with Gasteiger partial charge in [-0.1, -0.05) is 48.5 Å². The Morgan fingerprint density at radius 1 is 1.00 bits per heavy atom. The summed E-state index contributed by atoms with van der Waals surface area (Å²) >= 11 is 0. The number of para-hydroxylation sites is 1. The van der Waals surface area contributed by atoms with Gasteiger partial charge in [0.1, 0.15) is 6.54 Å². The minimum Gasteiger partial charge on any atom is -0.339 e. The Morgan fingerprint density at radius 2 is 1.70 bits per heavy atom. The zero-order valence-corrected chi connectivity index (χ0v) is 15.9. The Labute approximate surface area is 165 Å². The van der Waals surface area contributed by atoms with Gasteiger partial charge in [0.15, 0.2) is 0 Å². The van der Waals surface area contributed by atoms with E-state index in [0.29, 0.717) is 19.5 Å². The highest BCUT2D eigenvalue weighted by Gasteiger charge is 2.35. The molecule has 0 unspecified atom stereocenters. The Kier molecular flexibility index (Phi) is 5.82. The zero-order chi connectivity index (χ0) is 18.1. The largest absolute Gasteiger partial charge is 0.339 e. The number of rotatable bonds is 3. The highest BCUT2D eigenvalue weighted by molar-refractivity contribution is 6.01. The summed E-state index contributed by atoms with van der Waals surface area (Å²) in [6.07, 6.45) is 1.20. The second-order valence-corrected chi connectivity index (χ2v) is 7.09. The lowest BCUT2D eigenvalue weighted by atomic mass is 9.95. The van der Waals surface area contributed by atoms with Crippen LogP contribution in [0.2, 0.25) is 0 Å². The van der Waals surface area contributed by atoms with Crippen LogP contribution in [0.5, 0.6) is 0 Å². The van der Waals surface area contributed by atoms with E-state index in [4.69, 9.17) is 5.73 Å². The molecule has 2 aromatic carbocycles. The summed E-state index contributed by atoms with van der Waals surface area (Å²) in [7, 11) is 0. The molecule has 0 radical (unpaired) electrons. The Balaban J connectivity index is 0.00000210. The van der Waals surface area contributed by atoms with Gasteiger partial charge in [-0.05, 0) is 23.6 Å². The summed E-state index contributed by atoms with van der Waals surface area (Å²) in [6.45, 7) is 1.22. The van der Waals surface area contributed by atoms with Crippen LogP contribution in [0.3, 0.4) is 0 Å². The molecule has 0 bridgehead atoms. The first-order valence-corrected chi connectivity index (χ1v) is 9.10. The lowest BCUT2D eigenvalue weighted by Crippen LogP contribution is -2.44. The van der Waals surface area contributed by atoms with Crippen molar-refractivity contribution in [3.63, 3.8) is 0 Å². The van der Waals surface area contributed by atoms with Crippen molar-refractivity contribution >= 4 is 29.9 Å². The van der Waals surface area contributed by atoms with E-state index in [1.54, 1.807) is 9.80 Å². The van der Waals surface area contributed by atoms with E-state index in [-0.39, 0.29) is 42.7 Å². The number of halogens is 1. The molecule has 4 rings (SSSR count). The van der Waals surface area contributed by atoms with E-state index < -0.39 is 0 Å². The smallest absolute Gasteiger partial charge is 0.242 e. The minimum absolute atomic E-state index is 0. The number of nitrogens with two attached hydrogens (primary N) is 1. The summed E-state index contributed by atoms with van der Waals surface area (Å²) in [5.41, 5.74) is 9.45. The molecule has 27 heavy (non-hydrogen) atoms. The Bertz CT molecular complexity index is 827. The van der Waals surface area contributed by atoms with E-state index in [9.17, 15) is 9.59 Å². The van der Waals surface area contributed by atoms with Crippen LogP contribution in [0, 0.1) is 0 Å². The number of carbonyl (C=O) groups excluding carboxylic acids is 2. The maximum atomic E-state index is 12.9. The number of carbonyl (C=O) groups is 2. The SMILES string of the molecule is Cl.N[C@@H]1CN(C(=O)CN2C(=O)CCc3ccccc32)C[C@H]1c1ccccc1. The second kappa shape index (κ2) is 8.11. The Hall–Kier alpha value is -2.37. The van der Waals surface area contributed by atoms with Crippen LogP contribution in [-0.2, 0) is 16.0 Å². The molecular formula is C21H24ClN3O2. The quantitative estimate of drug-likeness (QED) is 0.881. The third-order valence-electron chi connectivity index (χ3n) is 5.43. The third kappa shape index (κ3) is 3.84. The number of hydrogen-bond acceptors (Lipinski definition) is 3. The van der Waals surface area contributed by atoms with Gasteiger partial charge in [0.2, 0.25) is 11.8 Å². The van der Waals surface area contributed by atoms with Crippen molar-refractivity contribution in [3.8, 4) is 0 Å². The molecule has 2 aliphatic heterocycles. The van der Waals surface area contributed by atoms with Crippen LogP contribution < -0.4 is 10.6 Å². The number of anilines is 1. The van der Waals surface area contributed by atoms with E-state index >= 15 is 0 Å². The molecule has 2 aromatic rings. The number of fused-ring (bicyclic) bond motifs is 1. The van der Waals surface area contributed by atoms with Crippen molar-refractivity contribution in [2.75, 3.05) is 24.5 Å². The molecule has 1 fully saturated rings. The molecule has 1 saturated heterocycles. The van der Waals surface area contributed by atoms with Crippen molar-refractivity contribution < 1.29 is 9.59 Å². The van der Waals surface area contributed by atoms with Crippen molar-refractivity contribution in [1.82, 2.24) is 4.90 Å². The van der Waals surface area contributed by atoms with Gasteiger partial charge in [0.25, 0.3) is 0 Å². The first-order chi connectivity index (χ1) is 12.6. The van der Waals surface area contributed by atoms with Crippen LogP contribution in [0.15, 0.2) is 54.6 Å². The molecule has 2 heterocycles. The summed E-state index contributed by atoms with van der Waals surface area (Å²) in [6, 6.07) is 17.8. The van der Waals surface area contributed by atoms with Crippen LogP contribution in [0.25, 0.3) is 0 Å². The number of nitrogens with zero attached hydrogens (tertiary/aromatic N) is 2. The van der Waals surface area contributed by atoms with E-state index in [1.807, 2.05) is 42.5 Å². The molecule has 0 spiro atoms. The van der Waals surface area contributed by atoms with Gasteiger partial charge < -0.3 is 15.5 Å². The monoisotopic (exact) mass is 385 g/mol. The van der Waals surface area contributed by atoms with Crippen molar-refractivity contribution in [2.24, 2.45) is 5.73 Å². The number of aryl methyl sites for hydroxylation is 1. The molecular weight excluding hydrogens is 362 g/mol. The fourth-order valence-electron chi connectivity index (χ4n) is 3.99. The summed E-state index contributed by atoms with van der Waals surface area (Å²) < 4.78 is 0. The van der Waals surface area contributed by atoms with E-state index in [1.165, 1.54) is 0 Å². The van der Waals surface area contributed by atoms with Crippen molar-refractivity contribution in [3.05, 3.63) is 65.7 Å². The number of amides is 2. The molecule has 2 amide bonds. The van der Waals surface area contributed by atoms with Crippen LogP contribution >= 0.6 is 12.4 Å². The summed E-state index contributed by atoms with van der Waals surface area (Å²) in [5.74, 6) is 0.119. The molecule has 6 heteroatoms. The van der Waals surface area contributed by atoms with Crippen LogP contribution in [-0.4, -0.2) is 42.4 Å². The van der Waals surface area contributed by atoms with Gasteiger partial charge in [0, 0.05) is 37.2 Å². The van der Waals surface area contributed by atoms with Crippen molar-refractivity contribution in [2.45, 2.75) is 24.8 Å². The standard InChI is InChI=1S/C21H23N3O2.ClH/c22-18-13-23(12-17(18)15-6-2-1-3-7-15)21(26)14-24-19-9-5-4-8-16(19)10-11-20(24)25;/h1-9,17-18H,10-14,22H2;1H/t17-,18+;/m0./s1. The van der Waals surface area contributed by atoms with Gasteiger partial charge in [-0.3, -0.25) is 9.59 Å². The van der Waals surface area contributed by atoms with Gasteiger partial charge >= 0.3 is 0 Å². The first-order valence-electron chi connectivity index (χ1n) is 9.10. The van der Waals surface area contributed by atoms with Gasteiger partial charge in [0.05, 0.1) is 0 Å². The molecule has 142 valence electrons. The predicted octanol–water partition coefficient (Wildman–Crippen LogP) is 2.34. The molecule has 0 aliphatic carbocycles. The highest BCUT2D eigenvalue weighted by Crippen LogP contribution is 2.29. The van der Waals surface area contributed by atoms with Crippen LogP contribution in [0.4, 0.5) is 5.69 Å². The molecule has 2 aliphatic rings.